The summed E-state index contributed by atoms with van der Waals surface area (Å²) in [5.41, 5.74) is 3.85. The average Bonchev–Trinajstić information content (AvgIpc) is 2.91. The van der Waals surface area contributed by atoms with Gasteiger partial charge in [-0.2, -0.15) is 5.26 Å². The highest BCUT2D eigenvalue weighted by Crippen LogP contribution is 2.31. The number of ether oxygens (including phenoxy) is 1. The number of aliphatic imine (C=N–C) groups is 1. The quantitative estimate of drug-likeness (QED) is 0.436. The van der Waals surface area contributed by atoms with Crippen molar-refractivity contribution >= 4 is 5.84 Å². The van der Waals surface area contributed by atoms with Crippen molar-refractivity contribution in [3.63, 3.8) is 0 Å². The second kappa shape index (κ2) is 14.5. The Morgan fingerprint density at radius 1 is 1.17 bits per heavy atom. The fraction of sp³-hybridized carbons (Fsp3) is 0.533. The minimum Gasteiger partial charge on any atom is -0.381 e. The summed E-state index contributed by atoms with van der Waals surface area (Å²) in [5.74, 6) is 3.16. The SMILES string of the molecule is C=CC1=C(N(C)C2CCOCC2)N=C([C@H](CC)C(CC)CC)NC1=C.CCc1ccccc1C#N. The van der Waals surface area contributed by atoms with Gasteiger partial charge in [0.15, 0.2) is 0 Å². The number of nitriles is 1. The van der Waals surface area contributed by atoms with E-state index in [1.54, 1.807) is 0 Å². The molecule has 1 fully saturated rings. The van der Waals surface area contributed by atoms with Gasteiger partial charge in [-0.15, -0.1) is 0 Å². The number of allylic oxidation sites excluding steroid dienone is 1. The lowest BCUT2D eigenvalue weighted by Gasteiger charge is -2.37. The van der Waals surface area contributed by atoms with Crippen molar-refractivity contribution < 1.29 is 4.74 Å². The smallest absolute Gasteiger partial charge is 0.140 e. The van der Waals surface area contributed by atoms with Crippen LogP contribution in [0.4, 0.5) is 0 Å². The third-order valence-electron chi connectivity index (χ3n) is 7.28. The topological polar surface area (TPSA) is 60.6 Å². The molecule has 2 aliphatic heterocycles. The lowest BCUT2D eigenvalue weighted by atomic mass is 9.84. The van der Waals surface area contributed by atoms with Crippen molar-refractivity contribution in [3.8, 4) is 6.07 Å². The Balaban J connectivity index is 0.000000360. The summed E-state index contributed by atoms with van der Waals surface area (Å²) < 4.78 is 5.52. The molecule has 0 bridgehead atoms. The number of hydrogen-bond donors (Lipinski definition) is 1. The largest absolute Gasteiger partial charge is 0.381 e. The van der Waals surface area contributed by atoms with Gasteiger partial charge in [0.05, 0.1) is 11.6 Å². The maximum absolute atomic E-state index is 8.60. The average molecular weight is 477 g/mol. The maximum atomic E-state index is 8.60. The van der Waals surface area contributed by atoms with E-state index in [9.17, 15) is 0 Å². The van der Waals surface area contributed by atoms with Crippen LogP contribution in [0.3, 0.4) is 0 Å². The van der Waals surface area contributed by atoms with Crippen molar-refractivity contribution in [1.82, 2.24) is 10.2 Å². The summed E-state index contributed by atoms with van der Waals surface area (Å²) in [4.78, 5) is 7.40. The Morgan fingerprint density at radius 3 is 2.34 bits per heavy atom. The van der Waals surface area contributed by atoms with Crippen LogP contribution < -0.4 is 5.32 Å². The molecule has 0 aromatic heterocycles. The van der Waals surface area contributed by atoms with E-state index in [2.05, 4.69) is 64.2 Å². The van der Waals surface area contributed by atoms with Gasteiger partial charge in [0.2, 0.25) is 0 Å². The Kier molecular flexibility index (Phi) is 11.8. The monoisotopic (exact) mass is 476 g/mol. The lowest BCUT2D eigenvalue weighted by molar-refractivity contribution is 0.0520. The number of benzene rings is 1. The summed E-state index contributed by atoms with van der Waals surface area (Å²) in [6.45, 7) is 18.7. The molecule has 3 rings (SSSR count). The molecule has 5 heteroatoms. The molecule has 1 aromatic carbocycles. The van der Waals surface area contributed by atoms with Crippen molar-refractivity contribution in [3.05, 3.63) is 71.7 Å². The van der Waals surface area contributed by atoms with Crippen LogP contribution in [0.1, 0.15) is 70.9 Å². The molecular weight excluding hydrogens is 432 g/mol. The van der Waals surface area contributed by atoms with Gasteiger partial charge in [0.25, 0.3) is 0 Å². The van der Waals surface area contributed by atoms with Crippen LogP contribution in [0.2, 0.25) is 0 Å². The number of hydrogen-bond acceptors (Lipinski definition) is 5. The zero-order valence-corrected chi connectivity index (χ0v) is 22.4. The molecule has 1 aromatic rings. The zero-order chi connectivity index (χ0) is 25.8. The van der Waals surface area contributed by atoms with Crippen LogP contribution in [-0.2, 0) is 11.2 Å². The molecule has 0 amide bonds. The summed E-state index contributed by atoms with van der Waals surface area (Å²) in [5, 5.41) is 12.1. The maximum Gasteiger partial charge on any atom is 0.140 e. The van der Waals surface area contributed by atoms with E-state index in [1.165, 1.54) is 12.8 Å². The predicted octanol–water partition coefficient (Wildman–Crippen LogP) is 6.59. The summed E-state index contributed by atoms with van der Waals surface area (Å²) >= 11 is 0. The van der Waals surface area contributed by atoms with Crippen molar-refractivity contribution in [2.45, 2.75) is 72.3 Å². The van der Waals surface area contributed by atoms with Gasteiger partial charge >= 0.3 is 0 Å². The highest BCUT2D eigenvalue weighted by atomic mass is 16.5. The highest BCUT2D eigenvalue weighted by Gasteiger charge is 2.30. The molecule has 1 N–H and O–H groups in total. The Bertz CT molecular complexity index is 945. The first-order chi connectivity index (χ1) is 16.9. The third-order valence-corrected chi connectivity index (χ3v) is 7.28. The van der Waals surface area contributed by atoms with Crippen LogP contribution in [-0.4, -0.2) is 37.0 Å². The Hall–Kier alpha value is -2.84. The highest BCUT2D eigenvalue weighted by molar-refractivity contribution is 5.89. The van der Waals surface area contributed by atoms with Gasteiger partial charge in [-0.25, -0.2) is 4.99 Å². The number of amidine groups is 1. The minimum atomic E-state index is 0.441. The van der Waals surface area contributed by atoms with Gasteiger partial charge in [0.1, 0.15) is 11.7 Å². The van der Waals surface area contributed by atoms with Gasteiger partial charge in [-0.1, -0.05) is 78.0 Å². The molecule has 5 nitrogen and oxygen atoms in total. The predicted molar refractivity (Wildman–Crippen MR) is 147 cm³/mol. The number of nitrogens with zero attached hydrogens (tertiary/aromatic N) is 3. The summed E-state index contributed by atoms with van der Waals surface area (Å²) in [6, 6.07) is 10.3. The van der Waals surface area contributed by atoms with E-state index in [0.717, 1.165) is 73.0 Å². The van der Waals surface area contributed by atoms with Crippen LogP contribution >= 0.6 is 0 Å². The van der Waals surface area contributed by atoms with Crippen molar-refractivity contribution in [1.29, 1.82) is 5.26 Å². The van der Waals surface area contributed by atoms with E-state index in [1.807, 2.05) is 30.3 Å². The number of nitrogens with one attached hydrogen (secondary N) is 1. The fourth-order valence-corrected chi connectivity index (χ4v) is 5.01. The molecular formula is C30H44N4O. The van der Waals surface area contributed by atoms with Crippen molar-refractivity contribution in [2.24, 2.45) is 16.8 Å². The van der Waals surface area contributed by atoms with Gasteiger partial charge < -0.3 is 15.0 Å². The van der Waals surface area contributed by atoms with Gasteiger partial charge in [-0.05, 0) is 43.2 Å². The molecule has 0 spiro atoms. The first kappa shape index (κ1) is 28.4. The molecule has 0 saturated carbocycles. The summed E-state index contributed by atoms with van der Waals surface area (Å²) in [6.07, 6.45) is 8.32. The normalized spacial score (nSPS) is 17.1. The van der Waals surface area contributed by atoms with E-state index < -0.39 is 0 Å². The number of rotatable bonds is 9. The van der Waals surface area contributed by atoms with Crippen LogP contribution in [0.15, 0.2) is 65.6 Å². The number of aryl methyl sites for hydroxylation is 1. The van der Waals surface area contributed by atoms with Crippen molar-refractivity contribution in [2.75, 3.05) is 20.3 Å². The fourth-order valence-electron chi connectivity index (χ4n) is 5.01. The van der Waals surface area contributed by atoms with E-state index in [-0.39, 0.29) is 0 Å². The Morgan fingerprint density at radius 2 is 1.83 bits per heavy atom. The lowest BCUT2D eigenvalue weighted by Crippen LogP contribution is -2.41. The zero-order valence-electron chi connectivity index (χ0n) is 22.4. The molecule has 0 aliphatic carbocycles. The van der Waals surface area contributed by atoms with E-state index in [0.29, 0.717) is 17.9 Å². The molecule has 1 atom stereocenters. The van der Waals surface area contributed by atoms with E-state index >= 15 is 0 Å². The molecule has 2 heterocycles. The molecule has 0 unspecified atom stereocenters. The molecule has 1 saturated heterocycles. The first-order valence-corrected chi connectivity index (χ1v) is 13.2. The van der Waals surface area contributed by atoms with Gasteiger partial charge in [-0.3, -0.25) is 0 Å². The third kappa shape index (κ3) is 7.32. The standard InChI is InChI=1S/C21H35N3O.C9H9N/c1-7-16(8-2)19(10-4)20-22-15(5)18(9-3)21(23-20)24(6)17-11-13-25-14-12-17;1-2-8-5-3-4-6-9(8)7-10/h9,16-17,19H,3,5,7-8,10-14H2,1-2,4,6H3,(H,22,23);3-6H,2H2,1H3/t19-;/m1./s1. The van der Waals surface area contributed by atoms with E-state index in [4.69, 9.17) is 15.0 Å². The van der Waals surface area contributed by atoms with Crippen LogP contribution in [0.5, 0.6) is 0 Å². The molecule has 2 aliphatic rings. The molecule has 190 valence electrons. The van der Waals surface area contributed by atoms with Gasteiger partial charge in [0, 0.05) is 43.5 Å². The van der Waals surface area contributed by atoms with Crippen LogP contribution in [0, 0.1) is 23.2 Å². The first-order valence-electron chi connectivity index (χ1n) is 13.2. The minimum absolute atomic E-state index is 0.441. The van der Waals surface area contributed by atoms with Crippen LogP contribution in [0.25, 0.3) is 0 Å². The summed E-state index contributed by atoms with van der Waals surface area (Å²) in [7, 11) is 2.15. The second-order valence-electron chi connectivity index (χ2n) is 9.21. The molecule has 35 heavy (non-hydrogen) atoms. The second-order valence-corrected chi connectivity index (χ2v) is 9.21. The molecule has 0 radical (unpaired) electrons. The Labute approximate surface area is 213 Å².